The molecule has 1 heterocycles. The lowest BCUT2D eigenvalue weighted by Crippen LogP contribution is -2.32. The van der Waals surface area contributed by atoms with Gasteiger partial charge in [0.25, 0.3) is 5.56 Å². The first-order valence-electron chi connectivity index (χ1n) is 7.67. The Morgan fingerprint density at radius 2 is 1.78 bits per heavy atom. The first-order valence-corrected chi connectivity index (χ1v) is 7.67. The monoisotopic (exact) mass is 383 g/mol. The molecule has 0 aliphatic carbocycles. The van der Waals surface area contributed by atoms with Crippen molar-refractivity contribution in [2.24, 2.45) is 0 Å². The largest absolute Gasteiger partial charge is 0.453 e. The Bertz CT molecular complexity index is 876. The molecule has 2 aromatic rings. The van der Waals surface area contributed by atoms with E-state index in [1.54, 1.807) is 24.3 Å². The van der Waals surface area contributed by atoms with Crippen molar-refractivity contribution in [3.8, 4) is 0 Å². The fourth-order valence-corrected chi connectivity index (χ4v) is 2.11. The number of nitrogens with one attached hydrogen (secondary N) is 2. The van der Waals surface area contributed by atoms with E-state index in [1.165, 1.54) is 7.11 Å². The second-order valence-corrected chi connectivity index (χ2v) is 5.47. The van der Waals surface area contributed by atoms with Crippen LogP contribution in [-0.2, 0) is 28.8 Å². The molecule has 10 heteroatoms. The van der Waals surface area contributed by atoms with Crippen molar-refractivity contribution in [2.75, 3.05) is 12.4 Å². The summed E-state index contributed by atoms with van der Waals surface area (Å²) < 4.78 is 43.2. The Kier molecular flexibility index (Phi) is 6.22. The highest BCUT2D eigenvalue weighted by atomic mass is 19.4. The molecule has 0 fully saturated rings. The minimum Gasteiger partial charge on any atom is -0.453 e. The molecular weight excluding hydrogens is 367 g/mol. The number of ether oxygens (including phenoxy) is 1. The van der Waals surface area contributed by atoms with Gasteiger partial charge in [0.05, 0.1) is 12.7 Å². The average molecular weight is 383 g/mol. The minimum atomic E-state index is -4.61. The van der Waals surface area contributed by atoms with Gasteiger partial charge in [0.2, 0.25) is 5.91 Å². The highest BCUT2D eigenvalue weighted by Crippen LogP contribution is 2.27. The van der Waals surface area contributed by atoms with Crippen LogP contribution in [-0.4, -0.2) is 23.7 Å². The lowest BCUT2D eigenvalue weighted by molar-refractivity contribution is -0.138. The van der Waals surface area contributed by atoms with Gasteiger partial charge in [0, 0.05) is 24.5 Å². The number of hydrogen-bond acceptors (Lipinski definition) is 4. The molecule has 0 spiro atoms. The highest BCUT2D eigenvalue weighted by Gasteiger charge is 2.31. The summed E-state index contributed by atoms with van der Waals surface area (Å²) in [6, 6.07) is 7.90. The number of anilines is 1. The van der Waals surface area contributed by atoms with Crippen LogP contribution in [0.15, 0.2) is 47.4 Å². The standard InChI is InChI=1S/C17H16F3N3O4/c1-27-16(26)22-13-5-2-11(3-6-13)8-21-14(24)10-23-9-12(17(18,19)20)4-7-15(23)25/h2-7,9H,8,10H2,1H3,(H,21,24)(H,22,26). The normalized spacial score (nSPS) is 11.0. The van der Waals surface area contributed by atoms with E-state index in [2.05, 4.69) is 15.4 Å². The maximum Gasteiger partial charge on any atom is 0.417 e. The molecular formula is C17H16F3N3O4. The van der Waals surface area contributed by atoms with Crippen LogP contribution in [0.5, 0.6) is 0 Å². The molecule has 0 saturated heterocycles. The van der Waals surface area contributed by atoms with Crippen molar-refractivity contribution < 1.29 is 27.5 Å². The molecule has 0 bridgehead atoms. The zero-order valence-corrected chi connectivity index (χ0v) is 14.2. The second-order valence-electron chi connectivity index (χ2n) is 5.47. The third-order valence-corrected chi connectivity index (χ3v) is 3.50. The third kappa shape index (κ3) is 5.87. The number of rotatable bonds is 5. The van der Waals surface area contributed by atoms with Gasteiger partial charge in [-0.1, -0.05) is 12.1 Å². The first-order chi connectivity index (χ1) is 12.7. The third-order valence-electron chi connectivity index (χ3n) is 3.50. The van der Waals surface area contributed by atoms with Crippen LogP contribution in [0.3, 0.4) is 0 Å². The van der Waals surface area contributed by atoms with Crippen LogP contribution in [0.1, 0.15) is 11.1 Å². The molecule has 7 nitrogen and oxygen atoms in total. The topological polar surface area (TPSA) is 89.4 Å². The Labute approximate surface area is 151 Å². The summed E-state index contributed by atoms with van der Waals surface area (Å²) in [7, 11) is 1.23. The second kappa shape index (κ2) is 8.39. The Morgan fingerprint density at radius 3 is 2.37 bits per heavy atom. The van der Waals surface area contributed by atoms with Crippen molar-refractivity contribution in [3.05, 3.63) is 64.1 Å². The number of carbonyl (C=O) groups excluding carboxylic acids is 2. The fraction of sp³-hybridized carbons (Fsp3) is 0.235. The molecule has 0 radical (unpaired) electrons. The SMILES string of the molecule is COC(=O)Nc1ccc(CNC(=O)Cn2cc(C(F)(F)F)ccc2=O)cc1. The summed E-state index contributed by atoms with van der Waals surface area (Å²) in [5, 5.41) is 4.97. The van der Waals surface area contributed by atoms with Gasteiger partial charge in [-0.25, -0.2) is 4.79 Å². The number of nitrogens with zero attached hydrogens (tertiary/aromatic N) is 1. The van der Waals surface area contributed by atoms with Gasteiger partial charge in [-0.05, 0) is 23.8 Å². The lowest BCUT2D eigenvalue weighted by atomic mass is 10.2. The van der Waals surface area contributed by atoms with Gasteiger partial charge >= 0.3 is 12.3 Å². The number of benzene rings is 1. The van der Waals surface area contributed by atoms with Crippen LogP contribution in [0.4, 0.5) is 23.7 Å². The molecule has 144 valence electrons. The van der Waals surface area contributed by atoms with E-state index in [0.717, 1.165) is 6.07 Å². The molecule has 0 atom stereocenters. The number of aromatic nitrogens is 1. The predicted octanol–water partition coefficient (Wildman–Crippen LogP) is 2.36. The van der Waals surface area contributed by atoms with Crippen molar-refractivity contribution >= 4 is 17.7 Å². The zero-order valence-electron chi connectivity index (χ0n) is 14.2. The van der Waals surface area contributed by atoms with Gasteiger partial charge in [-0.3, -0.25) is 14.9 Å². The molecule has 1 aromatic carbocycles. The average Bonchev–Trinajstić information content (AvgIpc) is 2.62. The number of methoxy groups -OCH3 is 1. The zero-order chi connectivity index (χ0) is 20.0. The number of halogens is 3. The van der Waals surface area contributed by atoms with Gasteiger partial charge in [-0.2, -0.15) is 13.2 Å². The lowest BCUT2D eigenvalue weighted by Gasteiger charge is -2.11. The first kappa shape index (κ1) is 20.0. The Hall–Kier alpha value is -3.30. The van der Waals surface area contributed by atoms with Crippen molar-refractivity contribution in [1.82, 2.24) is 9.88 Å². The molecule has 0 aliphatic heterocycles. The molecule has 0 saturated carbocycles. The summed E-state index contributed by atoms with van der Waals surface area (Å²) in [4.78, 5) is 34.6. The summed E-state index contributed by atoms with van der Waals surface area (Å²) in [6.45, 7) is -0.435. The molecule has 0 unspecified atom stereocenters. The van der Waals surface area contributed by atoms with Crippen LogP contribution in [0.25, 0.3) is 0 Å². The summed E-state index contributed by atoms with van der Waals surface area (Å²) >= 11 is 0. The highest BCUT2D eigenvalue weighted by molar-refractivity contribution is 5.84. The van der Waals surface area contributed by atoms with Crippen molar-refractivity contribution in [2.45, 2.75) is 19.3 Å². The number of carbonyl (C=O) groups is 2. The van der Waals surface area contributed by atoms with Gasteiger partial charge in [-0.15, -0.1) is 0 Å². The van der Waals surface area contributed by atoms with Crippen molar-refractivity contribution in [1.29, 1.82) is 0 Å². The molecule has 27 heavy (non-hydrogen) atoms. The van der Waals surface area contributed by atoms with Crippen molar-refractivity contribution in [3.63, 3.8) is 0 Å². The van der Waals surface area contributed by atoms with E-state index in [-0.39, 0.29) is 6.54 Å². The van der Waals surface area contributed by atoms with E-state index in [1.807, 2.05) is 0 Å². The van der Waals surface area contributed by atoms with Crippen LogP contribution < -0.4 is 16.2 Å². The van der Waals surface area contributed by atoms with Crippen LogP contribution >= 0.6 is 0 Å². The Morgan fingerprint density at radius 1 is 1.11 bits per heavy atom. The maximum absolute atomic E-state index is 12.7. The number of hydrogen-bond donors (Lipinski definition) is 2. The molecule has 2 N–H and O–H groups in total. The minimum absolute atomic E-state index is 0.102. The molecule has 0 aliphatic rings. The summed E-state index contributed by atoms with van der Waals surface area (Å²) in [5.41, 5.74) is -0.539. The number of alkyl halides is 3. The fourth-order valence-electron chi connectivity index (χ4n) is 2.11. The van der Waals surface area contributed by atoms with Gasteiger partial charge in [0.1, 0.15) is 6.54 Å². The molecule has 1 aromatic heterocycles. The van der Waals surface area contributed by atoms with Crippen LogP contribution in [0, 0.1) is 0 Å². The quantitative estimate of drug-likeness (QED) is 0.830. The van der Waals surface area contributed by atoms with Crippen LogP contribution in [0.2, 0.25) is 0 Å². The smallest absolute Gasteiger partial charge is 0.417 e. The van der Waals surface area contributed by atoms with Gasteiger partial charge in [0.15, 0.2) is 0 Å². The van der Waals surface area contributed by atoms with Gasteiger partial charge < -0.3 is 14.6 Å². The predicted molar refractivity (Wildman–Crippen MR) is 90.0 cm³/mol. The van der Waals surface area contributed by atoms with E-state index in [4.69, 9.17) is 0 Å². The van der Waals surface area contributed by atoms with E-state index < -0.39 is 35.8 Å². The van der Waals surface area contributed by atoms with E-state index in [0.29, 0.717) is 28.1 Å². The Balaban J connectivity index is 1.95. The maximum atomic E-state index is 12.7. The number of amides is 2. The number of pyridine rings is 1. The van der Waals surface area contributed by atoms with E-state index >= 15 is 0 Å². The molecule has 2 rings (SSSR count). The molecule has 2 amide bonds. The van der Waals surface area contributed by atoms with E-state index in [9.17, 15) is 27.6 Å². The summed E-state index contributed by atoms with van der Waals surface area (Å²) in [6.07, 6.45) is -4.62. The summed E-state index contributed by atoms with van der Waals surface area (Å²) in [5.74, 6) is -0.617.